The van der Waals surface area contributed by atoms with Crippen LogP contribution in [0.2, 0.25) is 0 Å². The average molecular weight is 179 g/mol. The largest absolute Gasteiger partial charge is 0.326 e. The van der Waals surface area contributed by atoms with E-state index in [4.69, 9.17) is 0 Å². The third kappa shape index (κ3) is 2.72. The van der Waals surface area contributed by atoms with Crippen LogP contribution in [-0.2, 0) is 0 Å². The number of rotatable bonds is 4. The summed E-state index contributed by atoms with van der Waals surface area (Å²) in [6.07, 6.45) is 3.40. The molecule has 0 fully saturated rings. The summed E-state index contributed by atoms with van der Waals surface area (Å²) in [6.45, 7) is 4.33. The molecular weight excluding hydrogens is 162 g/mol. The molecule has 0 spiro atoms. The molecule has 72 valence electrons. The lowest BCUT2D eigenvalue weighted by molar-refractivity contribution is 0.580. The predicted molar refractivity (Wildman–Crippen MR) is 55.0 cm³/mol. The highest BCUT2D eigenvalue weighted by Gasteiger charge is 2.07. The van der Waals surface area contributed by atoms with Gasteiger partial charge in [-0.1, -0.05) is 26.3 Å². The number of H-pyrrole nitrogens is 1. The van der Waals surface area contributed by atoms with Crippen LogP contribution < -0.4 is 5.56 Å². The normalized spacial score (nSPS) is 12.8. The van der Waals surface area contributed by atoms with Gasteiger partial charge in [0, 0.05) is 11.8 Å². The third-order valence-corrected chi connectivity index (χ3v) is 2.36. The van der Waals surface area contributed by atoms with Gasteiger partial charge in [-0.25, -0.2) is 0 Å². The van der Waals surface area contributed by atoms with E-state index in [-0.39, 0.29) is 5.56 Å². The lowest BCUT2D eigenvalue weighted by Gasteiger charge is -2.12. The van der Waals surface area contributed by atoms with Crippen LogP contribution in [-0.4, -0.2) is 4.98 Å². The fourth-order valence-electron chi connectivity index (χ4n) is 1.63. The van der Waals surface area contributed by atoms with Crippen LogP contribution in [0.15, 0.2) is 23.0 Å². The van der Waals surface area contributed by atoms with Gasteiger partial charge in [0.1, 0.15) is 0 Å². The van der Waals surface area contributed by atoms with Crippen LogP contribution in [0.3, 0.4) is 0 Å². The topological polar surface area (TPSA) is 32.9 Å². The fraction of sp³-hybridized carbons (Fsp3) is 0.545. The lowest BCUT2D eigenvalue weighted by atomic mass is 9.96. The number of pyridine rings is 1. The van der Waals surface area contributed by atoms with E-state index in [1.807, 2.05) is 12.1 Å². The smallest absolute Gasteiger partial charge is 0.248 e. The van der Waals surface area contributed by atoms with Crippen molar-refractivity contribution in [1.82, 2.24) is 4.98 Å². The van der Waals surface area contributed by atoms with Crippen molar-refractivity contribution in [3.8, 4) is 0 Å². The Balaban J connectivity index is 2.84. The van der Waals surface area contributed by atoms with Gasteiger partial charge in [-0.2, -0.15) is 0 Å². The third-order valence-electron chi connectivity index (χ3n) is 2.36. The van der Waals surface area contributed by atoms with E-state index >= 15 is 0 Å². The molecule has 0 aliphatic rings. The lowest BCUT2D eigenvalue weighted by Crippen LogP contribution is -2.09. The van der Waals surface area contributed by atoms with Crippen LogP contribution in [0.25, 0.3) is 0 Å². The van der Waals surface area contributed by atoms with Crippen LogP contribution >= 0.6 is 0 Å². The van der Waals surface area contributed by atoms with E-state index in [1.165, 1.54) is 0 Å². The first kappa shape index (κ1) is 10.0. The van der Waals surface area contributed by atoms with Crippen LogP contribution in [0, 0.1) is 0 Å². The molecule has 0 aliphatic carbocycles. The summed E-state index contributed by atoms with van der Waals surface area (Å²) >= 11 is 0. The minimum atomic E-state index is 0.00653. The van der Waals surface area contributed by atoms with Gasteiger partial charge >= 0.3 is 0 Å². The summed E-state index contributed by atoms with van der Waals surface area (Å²) in [4.78, 5) is 13.9. The van der Waals surface area contributed by atoms with Crippen LogP contribution in [0.5, 0.6) is 0 Å². The number of hydrogen-bond donors (Lipinski definition) is 1. The van der Waals surface area contributed by atoms with Crippen molar-refractivity contribution in [2.45, 2.75) is 39.0 Å². The number of aromatic amines is 1. The standard InChI is InChI=1S/C11H17NO/c1-3-6-9(4-2)10-7-5-8-11(13)12-10/h5,7-9H,3-4,6H2,1-2H3,(H,12,13). The van der Waals surface area contributed by atoms with E-state index in [9.17, 15) is 4.79 Å². The van der Waals surface area contributed by atoms with Gasteiger partial charge in [-0.3, -0.25) is 4.79 Å². The highest BCUT2D eigenvalue weighted by atomic mass is 16.1. The maximum absolute atomic E-state index is 11.1. The van der Waals surface area contributed by atoms with Crippen molar-refractivity contribution in [3.05, 3.63) is 34.2 Å². The Morgan fingerprint density at radius 3 is 2.69 bits per heavy atom. The average Bonchev–Trinajstić information content (AvgIpc) is 2.14. The maximum atomic E-state index is 11.1. The molecule has 2 heteroatoms. The summed E-state index contributed by atoms with van der Waals surface area (Å²) in [5.41, 5.74) is 1.09. The van der Waals surface area contributed by atoms with E-state index in [2.05, 4.69) is 18.8 Å². The van der Waals surface area contributed by atoms with E-state index in [0.29, 0.717) is 5.92 Å². The van der Waals surface area contributed by atoms with E-state index < -0.39 is 0 Å². The summed E-state index contributed by atoms with van der Waals surface area (Å²) in [6, 6.07) is 5.39. The molecular formula is C11H17NO. The first-order chi connectivity index (χ1) is 6.27. The SMILES string of the molecule is CCCC(CC)c1cccc(=O)[nH]1. The molecule has 1 aromatic heterocycles. The Kier molecular flexibility index (Phi) is 3.74. The Morgan fingerprint density at radius 1 is 1.38 bits per heavy atom. The zero-order valence-electron chi connectivity index (χ0n) is 8.34. The molecule has 1 unspecified atom stereocenters. The summed E-state index contributed by atoms with van der Waals surface area (Å²) < 4.78 is 0. The molecule has 0 aliphatic heterocycles. The summed E-state index contributed by atoms with van der Waals surface area (Å²) in [5.74, 6) is 0.513. The highest BCUT2D eigenvalue weighted by molar-refractivity contribution is 5.09. The Labute approximate surface area is 79.0 Å². The van der Waals surface area contributed by atoms with Gasteiger partial charge in [-0.15, -0.1) is 0 Å². The molecule has 13 heavy (non-hydrogen) atoms. The summed E-state index contributed by atoms with van der Waals surface area (Å²) in [5, 5.41) is 0. The Hall–Kier alpha value is -1.05. The molecule has 0 amide bonds. The minimum Gasteiger partial charge on any atom is -0.326 e. The zero-order valence-corrected chi connectivity index (χ0v) is 8.34. The van der Waals surface area contributed by atoms with Crippen LogP contribution in [0.4, 0.5) is 0 Å². The number of nitrogens with one attached hydrogen (secondary N) is 1. The molecule has 0 bridgehead atoms. The maximum Gasteiger partial charge on any atom is 0.248 e. The fourth-order valence-corrected chi connectivity index (χ4v) is 1.63. The van der Waals surface area contributed by atoms with Crippen molar-refractivity contribution in [3.63, 3.8) is 0 Å². The number of hydrogen-bond acceptors (Lipinski definition) is 1. The second-order valence-corrected chi connectivity index (χ2v) is 3.36. The first-order valence-corrected chi connectivity index (χ1v) is 4.97. The molecule has 1 rings (SSSR count). The van der Waals surface area contributed by atoms with Gasteiger partial charge in [-0.05, 0) is 24.8 Å². The molecule has 2 nitrogen and oxygen atoms in total. The van der Waals surface area contributed by atoms with Crippen molar-refractivity contribution < 1.29 is 0 Å². The van der Waals surface area contributed by atoms with E-state index in [0.717, 1.165) is 25.0 Å². The predicted octanol–water partition coefficient (Wildman–Crippen LogP) is 2.67. The molecule has 0 saturated heterocycles. The first-order valence-electron chi connectivity index (χ1n) is 4.97. The highest BCUT2D eigenvalue weighted by Crippen LogP contribution is 2.21. The van der Waals surface area contributed by atoms with Gasteiger partial charge < -0.3 is 4.98 Å². The van der Waals surface area contributed by atoms with E-state index in [1.54, 1.807) is 6.07 Å². The van der Waals surface area contributed by atoms with Gasteiger partial charge in [0.05, 0.1) is 0 Å². The molecule has 0 radical (unpaired) electrons. The molecule has 0 saturated carbocycles. The molecule has 1 heterocycles. The van der Waals surface area contributed by atoms with Gasteiger partial charge in [0.25, 0.3) is 0 Å². The summed E-state index contributed by atoms with van der Waals surface area (Å²) in [7, 11) is 0. The quantitative estimate of drug-likeness (QED) is 0.757. The second kappa shape index (κ2) is 4.85. The minimum absolute atomic E-state index is 0.00653. The Morgan fingerprint density at radius 2 is 2.15 bits per heavy atom. The Bertz CT molecular complexity index is 303. The monoisotopic (exact) mass is 179 g/mol. The van der Waals surface area contributed by atoms with Crippen LogP contribution in [0.1, 0.15) is 44.7 Å². The molecule has 1 N–H and O–H groups in total. The second-order valence-electron chi connectivity index (χ2n) is 3.36. The molecule has 1 aromatic rings. The van der Waals surface area contributed by atoms with Gasteiger partial charge in [0.2, 0.25) is 5.56 Å². The van der Waals surface area contributed by atoms with Crippen molar-refractivity contribution in [1.29, 1.82) is 0 Å². The van der Waals surface area contributed by atoms with Gasteiger partial charge in [0.15, 0.2) is 0 Å². The number of aromatic nitrogens is 1. The van der Waals surface area contributed by atoms with Crippen molar-refractivity contribution >= 4 is 0 Å². The molecule has 1 atom stereocenters. The van der Waals surface area contributed by atoms with Crippen molar-refractivity contribution in [2.24, 2.45) is 0 Å². The molecule has 0 aromatic carbocycles. The van der Waals surface area contributed by atoms with Crippen molar-refractivity contribution in [2.75, 3.05) is 0 Å². The zero-order chi connectivity index (χ0) is 9.68.